The van der Waals surface area contributed by atoms with Gasteiger partial charge in [-0.1, -0.05) is 6.07 Å². The molecule has 3 atom stereocenters. The molecular weight excluding hydrogens is 374 g/mol. The summed E-state index contributed by atoms with van der Waals surface area (Å²) in [5.41, 5.74) is 2.08. The number of allylic oxidation sites excluding steroid dienone is 2. The first-order valence-electron chi connectivity index (χ1n) is 9.57. The zero-order valence-corrected chi connectivity index (χ0v) is 17.0. The third kappa shape index (κ3) is 3.26. The van der Waals surface area contributed by atoms with Gasteiger partial charge >= 0.3 is 5.97 Å². The Balaban J connectivity index is 1.80. The Morgan fingerprint density at radius 1 is 1.29 bits per heavy atom. The minimum absolute atomic E-state index is 0.0456. The van der Waals surface area contributed by atoms with Crippen LogP contribution in [0.15, 0.2) is 50.3 Å². The molecule has 0 amide bonds. The van der Waals surface area contributed by atoms with E-state index in [2.05, 4.69) is 6.07 Å². The van der Waals surface area contributed by atoms with Crippen LogP contribution >= 0.6 is 11.3 Å². The Labute approximate surface area is 168 Å². The maximum atomic E-state index is 13.2. The van der Waals surface area contributed by atoms with Crippen LogP contribution in [0.25, 0.3) is 0 Å². The topological polar surface area (TPSA) is 68.9 Å². The highest BCUT2D eigenvalue weighted by Gasteiger charge is 2.46. The summed E-state index contributed by atoms with van der Waals surface area (Å²) in [6.45, 7) is 5.76. The largest absolute Gasteiger partial charge is 0.466 e. The lowest BCUT2D eigenvalue weighted by atomic mass is 9.71. The van der Waals surface area contributed by atoms with Crippen molar-refractivity contribution in [2.45, 2.75) is 45.4 Å². The van der Waals surface area contributed by atoms with Crippen molar-refractivity contribution in [1.29, 1.82) is 0 Å². The van der Waals surface area contributed by atoms with Crippen molar-refractivity contribution < 1.29 is 18.7 Å². The van der Waals surface area contributed by atoms with Gasteiger partial charge < -0.3 is 9.15 Å². The number of nitrogens with zero attached hydrogens (tertiary/aromatic N) is 1. The number of rotatable bonds is 4. The highest BCUT2D eigenvalue weighted by Crippen LogP contribution is 2.47. The minimum atomic E-state index is -0.633. The van der Waals surface area contributed by atoms with Crippen molar-refractivity contribution in [3.05, 3.63) is 57.3 Å². The van der Waals surface area contributed by atoms with Gasteiger partial charge in [-0.25, -0.2) is 0 Å². The highest BCUT2D eigenvalue weighted by molar-refractivity contribution is 7.10. The summed E-state index contributed by atoms with van der Waals surface area (Å²) in [7, 11) is 0. The summed E-state index contributed by atoms with van der Waals surface area (Å²) >= 11 is 1.67. The molecule has 2 aromatic heterocycles. The van der Waals surface area contributed by atoms with Crippen molar-refractivity contribution >= 4 is 28.8 Å². The zero-order valence-electron chi connectivity index (χ0n) is 16.2. The fraction of sp³-hybridized carbons (Fsp3) is 0.409. The molecule has 1 aliphatic carbocycles. The molecule has 0 bridgehead atoms. The van der Waals surface area contributed by atoms with Gasteiger partial charge in [-0.15, -0.1) is 11.3 Å². The second-order valence-corrected chi connectivity index (χ2v) is 8.29. The van der Waals surface area contributed by atoms with Crippen LogP contribution in [0.3, 0.4) is 0 Å². The SMILES string of the molecule is CCOC(=O)C1C(C)=NC2=C(C(=O)C[C@@H](c3cccs3)C2)[C@H]1c1ccc(C)o1. The van der Waals surface area contributed by atoms with E-state index in [0.717, 1.165) is 11.5 Å². The van der Waals surface area contributed by atoms with E-state index < -0.39 is 11.8 Å². The average Bonchev–Trinajstić information content (AvgIpc) is 3.32. The lowest BCUT2D eigenvalue weighted by Crippen LogP contribution is -2.37. The Hall–Kier alpha value is -2.47. The van der Waals surface area contributed by atoms with E-state index in [9.17, 15) is 9.59 Å². The second kappa shape index (κ2) is 7.51. The lowest BCUT2D eigenvalue weighted by Gasteiger charge is -2.35. The minimum Gasteiger partial charge on any atom is -0.466 e. The number of furan rings is 1. The van der Waals surface area contributed by atoms with Crippen molar-refractivity contribution in [3.8, 4) is 0 Å². The predicted octanol–water partition coefficient (Wildman–Crippen LogP) is 4.79. The number of ketones is 1. The number of Topliss-reactive ketones (excluding diaryl/α,β-unsaturated/α-hetero) is 1. The maximum absolute atomic E-state index is 13.2. The number of thiophene rings is 1. The number of ether oxygens (including phenoxy) is 1. The maximum Gasteiger partial charge on any atom is 0.315 e. The third-order valence-electron chi connectivity index (χ3n) is 5.44. The highest BCUT2D eigenvalue weighted by atomic mass is 32.1. The predicted molar refractivity (Wildman–Crippen MR) is 108 cm³/mol. The van der Waals surface area contributed by atoms with Crippen LogP contribution in [0.4, 0.5) is 0 Å². The first-order valence-corrected chi connectivity index (χ1v) is 10.4. The van der Waals surface area contributed by atoms with Gasteiger partial charge in [0.1, 0.15) is 17.4 Å². The fourth-order valence-corrected chi connectivity index (χ4v) is 5.08. The van der Waals surface area contributed by atoms with Gasteiger partial charge in [0.2, 0.25) is 0 Å². The monoisotopic (exact) mass is 397 g/mol. The van der Waals surface area contributed by atoms with E-state index in [1.807, 2.05) is 37.4 Å². The van der Waals surface area contributed by atoms with Crippen molar-refractivity contribution in [2.24, 2.45) is 10.9 Å². The third-order valence-corrected chi connectivity index (χ3v) is 6.48. The molecule has 0 saturated heterocycles. The summed E-state index contributed by atoms with van der Waals surface area (Å²) < 4.78 is 11.2. The van der Waals surface area contributed by atoms with E-state index in [1.54, 1.807) is 18.3 Å². The summed E-state index contributed by atoms with van der Waals surface area (Å²) in [5.74, 6) is 0.0936. The summed E-state index contributed by atoms with van der Waals surface area (Å²) in [5, 5.41) is 2.03. The Morgan fingerprint density at radius 2 is 2.11 bits per heavy atom. The molecule has 0 saturated carbocycles. The number of aliphatic imine (C=N–C) groups is 1. The lowest BCUT2D eigenvalue weighted by molar-refractivity contribution is -0.146. The van der Waals surface area contributed by atoms with Gasteiger partial charge in [0.15, 0.2) is 5.78 Å². The molecule has 2 aromatic rings. The molecule has 2 aliphatic rings. The number of aryl methyl sites for hydroxylation is 1. The van der Waals surface area contributed by atoms with Crippen molar-refractivity contribution in [3.63, 3.8) is 0 Å². The molecule has 1 aliphatic heterocycles. The number of esters is 1. The summed E-state index contributed by atoms with van der Waals surface area (Å²) in [6, 6.07) is 7.80. The first kappa shape index (κ1) is 18.9. The quantitative estimate of drug-likeness (QED) is 0.696. The molecule has 0 radical (unpaired) electrons. The van der Waals surface area contributed by atoms with Crippen LogP contribution in [0.2, 0.25) is 0 Å². The molecule has 0 N–H and O–H groups in total. The Morgan fingerprint density at radius 3 is 2.75 bits per heavy atom. The molecule has 0 aromatic carbocycles. The smallest absolute Gasteiger partial charge is 0.315 e. The second-order valence-electron chi connectivity index (χ2n) is 7.31. The summed E-state index contributed by atoms with van der Waals surface area (Å²) in [6.07, 6.45) is 1.13. The fourth-order valence-electron chi connectivity index (χ4n) is 4.25. The molecule has 146 valence electrons. The van der Waals surface area contributed by atoms with Crippen LogP contribution < -0.4 is 0 Å². The van der Waals surface area contributed by atoms with Crippen LogP contribution in [0.1, 0.15) is 54.9 Å². The van der Waals surface area contributed by atoms with Gasteiger partial charge in [0, 0.05) is 34.2 Å². The normalized spacial score (nSPS) is 24.8. The molecule has 5 nitrogen and oxygen atoms in total. The number of carbonyl (C=O) groups excluding carboxylic acids is 2. The Bertz CT molecular complexity index is 967. The van der Waals surface area contributed by atoms with Gasteiger partial charge in [-0.3, -0.25) is 14.6 Å². The first-order chi connectivity index (χ1) is 13.5. The van der Waals surface area contributed by atoms with E-state index >= 15 is 0 Å². The van der Waals surface area contributed by atoms with Crippen LogP contribution in [-0.2, 0) is 14.3 Å². The number of hydrogen-bond acceptors (Lipinski definition) is 6. The van der Waals surface area contributed by atoms with Crippen molar-refractivity contribution in [2.75, 3.05) is 6.61 Å². The standard InChI is InChI=1S/C22H23NO4S/c1-4-26-22(25)19-13(3)23-15-10-14(18-6-5-9-28-18)11-16(24)20(15)21(19)17-8-7-12(2)27-17/h5-9,14,19,21H,4,10-11H2,1-3H3/t14-,19?,21-/m0/s1. The van der Waals surface area contributed by atoms with E-state index in [4.69, 9.17) is 14.1 Å². The molecule has 3 heterocycles. The average molecular weight is 397 g/mol. The van der Waals surface area contributed by atoms with E-state index in [0.29, 0.717) is 29.9 Å². The molecule has 0 fully saturated rings. The summed E-state index contributed by atoms with van der Waals surface area (Å²) in [4.78, 5) is 31.9. The van der Waals surface area contributed by atoms with Gasteiger partial charge in [-0.05, 0) is 50.8 Å². The van der Waals surface area contributed by atoms with E-state index in [-0.39, 0.29) is 24.3 Å². The number of hydrogen-bond donors (Lipinski definition) is 0. The van der Waals surface area contributed by atoms with Gasteiger partial charge in [-0.2, -0.15) is 0 Å². The van der Waals surface area contributed by atoms with Crippen LogP contribution in [0.5, 0.6) is 0 Å². The van der Waals surface area contributed by atoms with Gasteiger partial charge in [0.05, 0.1) is 12.5 Å². The van der Waals surface area contributed by atoms with Gasteiger partial charge in [0.25, 0.3) is 0 Å². The molecule has 0 spiro atoms. The van der Waals surface area contributed by atoms with E-state index in [1.165, 1.54) is 4.88 Å². The zero-order chi connectivity index (χ0) is 19.8. The molecule has 6 heteroatoms. The molecule has 4 rings (SSSR count). The Kier molecular flexibility index (Phi) is 5.06. The molecular formula is C22H23NO4S. The van der Waals surface area contributed by atoms with Crippen LogP contribution in [-0.4, -0.2) is 24.1 Å². The van der Waals surface area contributed by atoms with Crippen LogP contribution in [0, 0.1) is 12.8 Å². The molecule has 1 unspecified atom stereocenters. The molecule has 28 heavy (non-hydrogen) atoms. The number of carbonyl (C=O) groups is 2. The van der Waals surface area contributed by atoms with Crippen molar-refractivity contribution in [1.82, 2.24) is 0 Å².